The number of methoxy groups -OCH3 is 1. The maximum atomic E-state index is 11.3. The molecule has 4 nitrogen and oxygen atoms in total. The highest BCUT2D eigenvalue weighted by atomic mass is 79.9. The zero-order chi connectivity index (χ0) is 12.9. The van der Waals surface area contributed by atoms with Crippen LogP contribution in [-0.2, 0) is 9.84 Å². The van der Waals surface area contributed by atoms with Crippen molar-refractivity contribution in [3.05, 3.63) is 22.7 Å². The topological polar surface area (TPSA) is 55.4 Å². The normalized spacial score (nSPS) is 11.2. The average Bonchev–Trinajstić information content (AvgIpc) is 2.31. The number of anilines is 1. The molecule has 0 heterocycles. The Morgan fingerprint density at radius 1 is 1.41 bits per heavy atom. The van der Waals surface area contributed by atoms with Gasteiger partial charge in [0.1, 0.15) is 5.75 Å². The number of hydrogen-bond acceptors (Lipinski definition) is 4. The van der Waals surface area contributed by atoms with Crippen LogP contribution in [0.2, 0.25) is 0 Å². The van der Waals surface area contributed by atoms with Gasteiger partial charge in [0, 0.05) is 24.1 Å². The zero-order valence-electron chi connectivity index (χ0n) is 9.86. The third kappa shape index (κ3) is 4.55. The molecule has 0 radical (unpaired) electrons. The Hall–Kier alpha value is -0.750. The molecule has 1 rings (SSSR count). The minimum absolute atomic E-state index is 0.141. The van der Waals surface area contributed by atoms with E-state index in [0.717, 1.165) is 10.2 Å². The minimum Gasteiger partial charge on any atom is -0.495 e. The molecular weight excluding hydrogens is 306 g/mol. The second-order valence-corrected chi connectivity index (χ2v) is 6.84. The van der Waals surface area contributed by atoms with Gasteiger partial charge in [0.05, 0.1) is 17.3 Å². The van der Waals surface area contributed by atoms with Gasteiger partial charge in [-0.2, -0.15) is 0 Å². The van der Waals surface area contributed by atoms with Gasteiger partial charge >= 0.3 is 0 Å². The number of ether oxygens (including phenoxy) is 1. The molecule has 96 valence electrons. The van der Waals surface area contributed by atoms with E-state index in [1.807, 2.05) is 18.2 Å². The van der Waals surface area contributed by atoms with E-state index in [4.69, 9.17) is 4.74 Å². The number of halogens is 1. The van der Waals surface area contributed by atoms with Crippen LogP contribution in [0.3, 0.4) is 0 Å². The summed E-state index contributed by atoms with van der Waals surface area (Å²) in [4.78, 5) is 0. The molecule has 0 atom stereocenters. The third-order valence-corrected chi connectivity index (χ3v) is 4.69. The van der Waals surface area contributed by atoms with E-state index >= 15 is 0 Å². The first-order valence-electron chi connectivity index (χ1n) is 5.26. The van der Waals surface area contributed by atoms with E-state index in [0.29, 0.717) is 12.3 Å². The third-order valence-electron chi connectivity index (χ3n) is 2.33. The first-order chi connectivity index (χ1) is 7.98. The fraction of sp³-hybridized carbons (Fsp3) is 0.455. The molecule has 6 heteroatoms. The Morgan fingerprint density at radius 3 is 2.71 bits per heavy atom. The number of rotatable bonds is 6. The van der Waals surface area contributed by atoms with Crippen molar-refractivity contribution < 1.29 is 13.2 Å². The summed E-state index contributed by atoms with van der Waals surface area (Å²) in [6.45, 7) is 2.05. The highest BCUT2D eigenvalue weighted by Crippen LogP contribution is 2.27. The summed E-state index contributed by atoms with van der Waals surface area (Å²) in [6, 6.07) is 5.54. The van der Waals surface area contributed by atoms with Crippen LogP contribution in [0.1, 0.15) is 6.92 Å². The van der Waals surface area contributed by atoms with Crippen LogP contribution in [0, 0.1) is 0 Å². The van der Waals surface area contributed by atoms with E-state index in [-0.39, 0.29) is 11.5 Å². The molecule has 0 aliphatic heterocycles. The molecule has 0 saturated heterocycles. The lowest BCUT2D eigenvalue weighted by atomic mass is 10.3. The summed E-state index contributed by atoms with van der Waals surface area (Å²) in [7, 11) is -1.33. The summed E-state index contributed by atoms with van der Waals surface area (Å²) in [5.74, 6) is 1.04. The van der Waals surface area contributed by atoms with Crippen molar-refractivity contribution >= 4 is 31.5 Å². The molecule has 1 aromatic carbocycles. The molecule has 1 aromatic rings. The molecule has 0 aromatic heterocycles. The number of benzene rings is 1. The van der Waals surface area contributed by atoms with Crippen LogP contribution < -0.4 is 10.1 Å². The Labute approximate surface area is 110 Å². The van der Waals surface area contributed by atoms with Crippen LogP contribution in [0.5, 0.6) is 5.75 Å². The number of sulfone groups is 1. The molecular formula is C11H16BrNO3S. The van der Waals surface area contributed by atoms with Crippen molar-refractivity contribution in [1.29, 1.82) is 0 Å². The maximum absolute atomic E-state index is 11.3. The monoisotopic (exact) mass is 321 g/mol. The second-order valence-electron chi connectivity index (χ2n) is 3.51. The number of hydrogen-bond donors (Lipinski definition) is 1. The second kappa shape index (κ2) is 6.26. The van der Waals surface area contributed by atoms with Crippen molar-refractivity contribution in [2.45, 2.75) is 6.92 Å². The largest absolute Gasteiger partial charge is 0.495 e. The summed E-state index contributed by atoms with van der Waals surface area (Å²) in [5.41, 5.74) is 0.844. The van der Waals surface area contributed by atoms with E-state index in [2.05, 4.69) is 21.2 Å². The van der Waals surface area contributed by atoms with Gasteiger partial charge in [0.25, 0.3) is 0 Å². The quantitative estimate of drug-likeness (QED) is 0.873. The smallest absolute Gasteiger partial charge is 0.151 e. The van der Waals surface area contributed by atoms with Gasteiger partial charge in [-0.1, -0.05) is 6.92 Å². The standard InChI is InChI=1S/C11H16BrNO3S/c1-3-17(14,15)7-6-13-9-4-5-10(12)11(8-9)16-2/h4-5,8,13H,3,6-7H2,1-2H3. The molecule has 0 bridgehead atoms. The van der Waals surface area contributed by atoms with E-state index in [1.165, 1.54) is 0 Å². The molecule has 0 amide bonds. The van der Waals surface area contributed by atoms with Crippen molar-refractivity contribution in [2.75, 3.05) is 30.5 Å². The van der Waals surface area contributed by atoms with Crippen LogP contribution in [0.25, 0.3) is 0 Å². The predicted molar refractivity (Wildman–Crippen MR) is 73.5 cm³/mol. The Balaban J connectivity index is 2.58. The lowest BCUT2D eigenvalue weighted by Crippen LogP contribution is -2.17. The van der Waals surface area contributed by atoms with Gasteiger partial charge in [-0.25, -0.2) is 8.42 Å². The molecule has 0 aliphatic rings. The summed E-state index contributed by atoms with van der Waals surface area (Å²) >= 11 is 3.35. The number of nitrogens with one attached hydrogen (secondary N) is 1. The Kier molecular flexibility index (Phi) is 5.27. The van der Waals surface area contributed by atoms with Crippen molar-refractivity contribution in [3.63, 3.8) is 0 Å². The highest BCUT2D eigenvalue weighted by Gasteiger charge is 2.07. The van der Waals surface area contributed by atoms with Gasteiger partial charge in [-0.3, -0.25) is 0 Å². The fourth-order valence-corrected chi connectivity index (χ4v) is 2.38. The SMILES string of the molecule is CCS(=O)(=O)CCNc1ccc(Br)c(OC)c1. The summed E-state index contributed by atoms with van der Waals surface area (Å²) in [5, 5.41) is 3.06. The molecule has 1 N–H and O–H groups in total. The molecule has 0 fully saturated rings. The van der Waals surface area contributed by atoms with Crippen LogP contribution in [-0.4, -0.2) is 33.6 Å². The van der Waals surface area contributed by atoms with Gasteiger partial charge in [0.2, 0.25) is 0 Å². The molecule has 0 spiro atoms. The molecule has 0 saturated carbocycles. The Morgan fingerprint density at radius 2 is 2.12 bits per heavy atom. The minimum atomic E-state index is -2.92. The van der Waals surface area contributed by atoms with Gasteiger partial charge in [-0.05, 0) is 28.1 Å². The van der Waals surface area contributed by atoms with E-state index in [1.54, 1.807) is 14.0 Å². The predicted octanol–water partition coefficient (Wildman–Crippen LogP) is 2.30. The lowest BCUT2D eigenvalue weighted by molar-refractivity contribution is 0.412. The molecule has 17 heavy (non-hydrogen) atoms. The van der Waals surface area contributed by atoms with E-state index < -0.39 is 9.84 Å². The fourth-order valence-electron chi connectivity index (χ4n) is 1.26. The van der Waals surface area contributed by atoms with Crippen LogP contribution >= 0.6 is 15.9 Å². The van der Waals surface area contributed by atoms with Gasteiger partial charge < -0.3 is 10.1 Å². The van der Waals surface area contributed by atoms with E-state index in [9.17, 15) is 8.42 Å². The molecule has 0 unspecified atom stereocenters. The average molecular weight is 322 g/mol. The highest BCUT2D eigenvalue weighted by molar-refractivity contribution is 9.10. The van der Waals surface area contributed by atoms with Crippen LogP contribution in [0.4, 0.5) is 5.69 Å². The van der Waals surface area contributed by atoms with Crippen molar-refractivity contribution in [1.82, 2.24) is 0 Å². The van der Waals surface area contributed by atoms with Crippen molar-refractivity contribution in [2.24, 2.45) is 0 Å². The van der Waals surface area contributed by atoms with Crippen LogP contribution in [0.15, 0.2) is 22.7 Å². The van der Waals surface area contributed by atoms with Gasteiger partial charge in [0.15, 0.2) is 9.84 Å². The Bertz CT molecular complexity index is 474. The first kappa shape index (κ1) is 14.3. The molecule has 0 aliphatic carbocycles. The first-order valence-corrected chi connectivity index (χ1v) is 7.88. The summed E-state index contributed by atoms with van der Waals surface area (Å²) < 4.78 is 28.6. The summed E-state index contributed by atoms with van der Waals surface area (Å²) in [6.07, 6.45) is 0. The maximum Gasteiger partial charge on any atom is 0.151 e. The van der Waals surface area contributed by atoms with Gasteiger partial charge in [-0.15, -0.1) is 0 Å². The lowest BCUT2D eigenvalue weighted by Gasteiger charge is -2.09. The zero-order valence-corrected chi connectivity index (χ0v) is 12.3. The van der Waals surface area contributed by atoms with Crippen molar-refractivity contribution in [3.8, 4) is 5.75 Å².